The topological polar surface area (TPSA) is 38.9 Å². The second kappa shape index (κ2) is 4.49. The van der Waals surface area contributed by atoms with Gasteiger partial charge in [0, 0.05) is 11.6 Å². The van der Waals surface area contributed by atoms with Crippen LogP contribution in [0.1, 0.15) is 5.56 Å². The quantitative estimate of drug-likeness (QED) is 0.806. The van der Waals surface area contributed by atoms with Gasteiger partial charge in [-0.05, 0) is 24.3 Å². The van der Waals surface area contributed by atoms with Gasteiger partial charge in [0.1, 0.15) is 17.5 Å². The summed E-state index contributed by atoms with van der Waals surface area (Å²) < 4.78 is 63.8. The van der Waals surface area contributed by atoms with Crippen LogP contribution in [-0.2, 0) is 6.18 Å². The van der Waals surface area contributed by atoms with E-state index in [-0.39, 0.29) is 17.1 Å². The van der Waals surface area contributed by atoms with Crippen molar-refractivity contribution in [3.63, 3.8) is 0 Å². The highest BCUT2D eigenvalue weighted by Crippen LogP contribution is 2.33. The molecular weight excluding hydrogens is 267 g/mol. The number of hydrogen-bond acceptors (Lipinski definition) is 2. The summed E-state index contributed by atoms with van der Waals surface area (Å²) in [6.07, 6.45) is -4.61. The molecule has 2 nitrogen and oxygen atoms in total. The van der Waals surface area contributed by atoms with Crippen LogP contribution in [0.15, 0.2) is 30.3 Å². The van der Waals surface area contributed by atoms with E-state index < -0.39 is 23.4 Å². The fraction of sp³-hybridized carbons (Fsp3) is 0.0833. The molecule has 19 heavy (non-hydrogen) atoms. The van der Waals surface area contributed by atoms with E-state index in [2.05, 4.69) is 4.98 Å². The van der Waals surface area contributed by atoms with Crippen molar-refractivity contribution in [1.29, 1.82) is 0 Å². The largest absolute Gasteiger partial charge is 0.416 e. The zero-order valence-electron chi connectivity index (χ0n) is 9.30. The highest BCUT2D eigenvalue weighted by atomic mass is 19.4. The van der Waals surface area contributed by atoms with E-state index in [1.165, 1.54) is 0 Å². The number of alkyl halides is 3. The Labute approximate surface area is 104 Å². The molecule has 0 aliphatic heterocycles. The Kier molecular flexibility index (Phi) is 3.13. The Morgan fingerprint density at radius 1 is 0.895 bits per heavy atom. The summed E-state index contributed by atoms with van der Waals surface area (Å²) >= 11 is 0. The molecule has 1 aromatic carbocycles. The summed E-state index contributed by atoms with van der Waals surface area (Å²) in [5.41, 5.74) is 3.88. The molecule has 0 spiro atoms. The first-order valence-electron chi connectivity index (χ1n) is 5.07. The van der Waals surface area contributed by atoms with Gasteiger partial charge in [0.25, 0.3) is 0 Å². The number of hydrogen-bond donors (Lipinski definition) is 1. The third-order valence-corrected chi connectivity index (χ3v) is 2.33. The molecule has 0 saturated heterocycles. The van der Waals surface area contributed by atoms with E-state index in [1.807, 2.05) is 0 Å². The van der Waals surface area contributed by atoms with Gasteiger partial charge >= 0.3 is 6.18 Å². The first kappa shape index (κ1) is 13.3. The monoisotopic (exact) mass is 274 g/mol. The van der Waals surface area contributed by atoms with Gasteiger partial charge < -0.3 is 5.73 Å². The Morgan fingerprint density at radius 3 is 2.00 bits per heavy atom. The molecular formula is C12H7F5N2. The SMILES string of the molecule is Nc1cc(C(F)(F)F)cc(-c2cc(F)cc(F)c2)n1. The van der Waals surface area contributed by atoms with Gasteiger partial charge in [-0.3, -0.25) is 0 Å². The molecule has 0 bridgehead atoms. The van der Waals surface area contributed by atoms with Crippen molar-refractivity contribution in [3.05, 3.63) is 47.5 Å². The van der Waals surface area contributed by atoms with E-state index in [1.54, 1.807) is 0 Å². The van der Waals surface area contributed by atoms with Crippen molar-refractivity contribution >= 4 is 5.82 Å². The maximum atomic E-state index is 13.0. The van der Waals surface area contributed by atoms with Gasteiger partial charge in [-0.25, -0.2) is 13.8 Å². The van der Waals surface area contributed by atoms with Crippen LogP contribution in [0.2, 0.25) is 0 Å². The second-order valence-electron chi connectivity index (χ2n) is 3.82. The fourth-order valence-corrected chi connectivity index (χ4v) is 1.57. The molecule has 2 rings (SSSR count). The maximum Gasteiger partial charge on any atom is 0.416 e. The number of nitrogens with two attached hydrogens (primary N) is 1. The lowest BCUT2D eigenvalue weighted by molar-refractivity contribution is -0.137. The predicted octanol–water partition coefficient (Wildman–Crippen LogP) is 3.63. The van der Waals surface area contributed by atoms with Gasteiger partial charge in [0.2, 0.25) is 0 Å². The molecule has 0 aliphatic carbocycles. The summed E-state index contributed by atoms with van der Waals surface area (Å²) in [7, 11) is 0. The number of aromatic nitrogens is 1. The predicted molar refractivity (Wildman–Crippen MR) is 59.0 cm³/mol. The van der Waals surface area contributed by atoms with Crippen molar-refractivity contribution in [2.75, 3.05) is 5.73 Å². The number of nitrogen functional groups attached to an aromatic ring is 1. The zero-order chi connectivity index (χ0) is 14.2. The number of halogens is 5. The Bertz CT molecular complexity index is 602. The van der Waals surface area contributed by atoms with Crippen molar-refractivity contribution < 1.29 is 22.0 Å². The van der Waals surface area contributed by atoms with Crippen molar-refractivity contribution in [2.24, 2.45) is 0 Å². The first-order valence-corrected chi connectivity index (χ1v) is 5.07. The molecule has 0 amide bonds. The average molecular weight is 274 g/mol. The number of nitrogens with zero attached hydrogens (tertiary/aromatic N) is 1. The van der Waals surface area contributed by atoms with Crippen LogP contribution in [-0.4, -0.2) is 4.98 Å². The molecule has 100 valence electrons. The fourth-order valence-electron chi connectivity index (χ4n) is 1.57. The van der Waals surface area contributed by atoms with Crippen LogP contribution in [0, 0.1) is 11.6 Å². The van der Waals surface area contributed by atoms with Crippen LogP contribution < -0.4 is 5.73 Å². The Morgan fingerprint density at radius 2 is 1.47 bits per heavy atom. The number of rotatable bonds is 1. The van der Waals surface area contributed by atoms with Gasteiger partial charge in [0.15, 0.2) is 0 Å². The molecule has 1 aromatic heterocycles. The van der Waals surface area contributed by atoms with Crippen LogP contribution in [0.4, 0.5) is 27.8 Å². The van der Waals surface area contributed by atoms with E-state index >= 15 is 0 Å². The second-order valence-corrected chi connectivity index (χ2v) is 3.82. The van der Waals surface area contributed by atoms with Crippen molar-refractivity contribution in [2.45, 2.75) is 6.18 Å². The molecule has 2 N–H and O–H groups in total. The molecule has 0 fully saturated rings. The molecule has 1 heterocycles. The summed E-state index contributed by atoms with van der Waals surface area (Å²) in [4.78, 5) is 3.64. The number of pyridine rings is 1. The van der Waals surface area contributed by atoms with Gasteiger partial charge in [0.05, 0.1) is 11.3 Å². The lowest BCUT2D eigenvalue weighted by Gasteiger charge is -2.10. The van der Waals surface area contributed by atoms with E-state index in [4.69, 9.17) is 5.73 Å². The minimum absolute atomic E-state index is 0.115. The van der Waals surface area contributed by atoms with Gasteiger partial charge in [-0.15, -0.1) is 0 Å². The molecule has 0 radical (unpaired) electrons. The first-order chi connectivity index (χ1) is 8.75. The van der Waals surface area contributed by atoms with Crippen molar-refractivity contribution in [1.82, 2.24) is 4.98 Å². The lowest BCUT2D eigenvalue weighted by Crippen LogP contribution is -2.07. The standard InChI is InChI=1S/C12H7F5N2/c13-8-1-6(2-9(14)5-8)10-3-7(12(15,16)17)4-11(18)19-10/h1-5H,(H2,18,19). The summed E-state index contributed by atoms with van der Waals surface area (Å²) in [6.45, 7) is 0. The minimum atomic E-state index is -4.61. The minimum Gasteiger partial charge on any atom is -0.384 e. The molecule has 0 unspecified atom stereocenters. The Hall–Kier alpha value is -2.18. The van der Waals surface area contributed by atoms with Crippen LogP contribution in [0.25, 0.3) is 11.3 Å². The normalized spacial score (nSPS) is 11.6. The summed E-state index contributed by atoms with van der Waals surface area (Å²) in [5.74, 6) is -2.20. The zero-order valence-corrected chi connectivity index (χ0v) is 9.30. The van der Waals surface area contributed by atoms with Crippen LogP contribution in [0.3, 0.4) is 0 Å². The summed E-state index contributed by atoms with van der Waals surface area (Å²) in [6, 6.07) is 3.71. The Balaban J connectivity index is 2.59. The van der Waals surface area contributed by atoms with Crippen LogP contribution >= 0.6 is 0 Å². The van der Waals surface area contributed by atoms with Crippen LogP contribution in [0.5, 0.6) is 0 Å². The molecule has 0 atom stereocenters. The van der Waals surface area contributed by atoms with Gasteiger partial charge in [-0.1, -0.05) is 0 Å². The third kappa shape index (κ3) is 2.98. The van der Waals surface area contributed by atoms with E-state index in [0.717, 1.165) is 12.1 Å². The highest BCUT2D eigenvalue weighted by molar-refractivity contribution is 5.62. The molecule has 2 aromatic rings. The maximum absolute atomic E-state index is 13.0. The smallest absolute Gasteiger partial charge is 0.384 e. The molecule has 0 saturated carbocycles. The van der Waals surface area contributed by atoms with E-state index in [9.17, 15) is 22.0 Å². The third-order valence-electron chi connectivity index (χ3n) is 2.33. The molecule has 7 heteroatoms. The lowest BCUT2D eigenvalue weighted by atomic mass is 10.1. The van der Waals surface area contributed by atoms with Crippen molar-refractivity contribution in [3.8, 4) is 11.3 Å². The highest BCUT2D eigenvalue weighted by Gasteiger charge is 2.31. The van der Waals surface area contributed by atoms with Gasteiger partial charge in [-0.2, -0.15) is 13.2 Å². The van der Waals surface area contributed by atoms with E-state index in [0.29, 0.717) is 18.2 Å². The number of anilines is 1. The molecule has 0 aliphatic rings. The number of benzene rings is 1. The summed E-state index contributed by atoms with van der Waals surface area (Å²) in [5, 5.41) is 0. The average Bonchev–Trinajstić information content (AvgIpc) is 2.25.